The van der Waals surface area contributed by atoms with Crippen molar-refractivity contribution < 1.29 is 4.79 Å². The van der Waals surface area contributed by atoms with Crippen molar-refractivity contribution in [2.24, 2.45) is 7.05 Å². The van der Waals surface area contributed by atoms with E-state index in [1.165, 1.54) is 0 Å². The van der Waals surface area contributed by atoms with E-state index in [-0.39, 0.29) is 5.91 Å². The van der Waals surface area contributed by atoms with Crippen LogP contribution in [0.5, 0.6) is 0 Å². The van der Waals surface area contributed by atoms with Gasteiger partial charge < -0.3 is 20.9 Å². The summed E-state index contributed by atoms with van der Waals surface area (Å²) in [5, 5.41) is 6.20. The highest BCUT2D eigenvalue weighted by atomic mass is 16.1. The first-order valence-electron chi connectivity index (χ1n) is 7.06. The van der Waals surface area contributed by atoms with Crippen molar-refractivity contribution in [3.05, 3.63) is 35.9 Å². The Kier molecular flexibility index (Phi) is 3.51. The second-order valence-corrected chi connectivity index (χ2v) is 5.28. The number of carbonyl (C=O) groups is 1. The SMILES string of the molecule is Cn1ccnc1CCNc1cc2c(cc1N)NC(=O)CC2. The minimum absolute atomic E-state index is 0.0531. The summed E-state index contributed by atoms with van der Waals surface area (Å²) in [6, 6.07) is 3.86. The number of benzene rings is 1. The van der Waals surface area contributed by atoms with E-state index in [9.17, 15) is 4.79 Å². The van der Waals surface area contributed by atoms with Gasteiger partial charge in [0.15, 0.2) is 0 Å². The average molecular weight is 285 g/mol. The fraction of sp³-hybridized carbons (Fsp3) is 0.333. The molecule has 1 aromatic carbocycles. The molecule has 0 atom stereocenters. The molecular weight excluding hydrogens is 266 g/mol. The van der Waals surface area contributed by atoms with Crippen molar-refractivity contribution in [1.29, 1.82) is 0 Å². The molecule has 0 saturated carbocycles. The van der Waals surface area contributed by atoms with Gasteiger partial charge in [-0.3, -0.25) is 4.79 Å². The van der Waals surface area contributed by atoms with E-state index >= 15 is 0 Å². The number of rotatable bonds is 4. The van der Waals surface area contributed by atoms with Crippen LogP contribution in [0, 0.1) is 0 Å². The predicted octanol–water partition coefficient (Wildman–Crippen LogP) is 1.54. The van der Waals surface area contributed by atoms with Crippen LogP contribution in [0.1, 0.15) is 17.8 Å². The van der Waals surface area contributed by atoms with Gasteiger partial charge in [-0.15, -0.1) is 0 Å². The molecule has 1 aliphatic heterocycles. The molecule has 0 radical (unpaired) electrons. The quantitative estimate of drug-likeness (QED) is 0.744. The number of hydrogen-bond donors (Lipinski definition) is 3. The molecule has 6 nitrogen and oxygen atoms in total. The lowest BCUT2D eigenvalue weighted by Gasteiger charge is -2.19. The van der Waals surface area contributed by atoms with Gasteiger partial charge in [-0.2, -0.15) is 0 Å². The second-order valence-electron chi connectivity index (χ2n) is 5.28. The van der Waals surface area contributed by atoms with Crippen LogP contribution in [0.15, 0.2) is 24.5 Å². The third kappa shape index (κ3) is 2.84. The van der Waals surface area contributed by atoms with E-state index in [0.717, 1.165) is 42.1 Å². The Morgan fingerprint density at radius 1 is 1.43 bits per heavy atom. The normalized spacial score (nSPS) is 13.7. The molecule has 0 bridgehead atoms. The molecule has 110 valence electrons. The first-order valence-corrected chi connectivity index (χ1v) is 7.06. The number of nitrogens with zero attached hydrogens (tertiary/aromatic N) is 2. The fourth-order valence-corrected chi connectivity index (χ4v) is 2.54. The summed E-state index contributed by atoms with van der Waals surface area (Å²) < 4.78 is 2.01. The molecule has 0 fully saturated rings. The average Bonchev–Trinajstić information content (AvgIpc) is 2.85. The molecule has 3 rings (SSSR count). The number of nitrogens with two attached hydrogens (primary N) is 1. The topological polar surface area (TPSA) is 85.0 Å². The standard InChI is InChI=1S/C15H19N5O/c1-20-7-6-18-14(20)4-5-17-13-8-10-2-3-15(21)19-12(10)9-11(13)16/h6-9,17H,2-5,16H2,1H3,(H,19,21). The summed E-state index contributed by atoms with van der Waals surface area (Å²) in [6.07, 6.45) is 5.85. The molecule has 2 aromatic rings. The van der Waals surface area contributed by atoms with Crippen molar-refractivity contribution in [1.82, 2.24) is 9.55 Å². The van der Waals surface area contributed by atoms with Gasteiger partial charge in [-0.05, 0) is 24.1 Å². The Morgan fingerprint density at radius 2 is 2.29 bits per heavy atom. The number of carbonyl (C=O) groups excluding carboxylic acids is 1. The lowest BCUT2D eigenvalue weighted by atomic mass is 10.0. The molecule has 1 aliphatic rings. The first kappa shape index (κ1) is 13.5. The molecule has 0 spiro atoms. The number of amides is 1. The molecule has 21 heavy (non-hydrogen) atoms. The summed E-state index contributed by atoms with van der Waals surface area (Å²) in [5.41, 5.74) is 9.57. The molecule has 1 amide bonds. The Labute approximate surface area is 123 Å². The van der Waals surface area contributed by atoms with E-state index < -0.39 is 0 Å². The Balaban J connectivity index is 1.68. The maximum atomic E-state index is 11.4. The van der Waals surface area contributed by atoms with Crippen molar-refractivity contribution in [3.63, 3.8) is 0 Å². The van der Waals surface area contributed by atoms with Crippen LogP contribution >= 0.6 is 0 Å². The summed E-state index contributed by atoms with van der Waals surface area (Å²) in [5.74, 6) is 1.09. The highest BCUT2D eigenvalue weighted by Crippen LogP contribution is 2.30. The van der Waals surface area contributed by atoms with E-state index in [1.807, 2.05) is 29.9 Å². The highest BCUT2D eigenvalue weighted by molar-refractivity contribution is 5.95. The molecule has 0 unspecified atom stereocenters. The fourth-order valence-electron chi connectivity index (χ4n) is 2.54. The van der Waals surface area contributed by atoms with Gasteiger partial charge in [0.05, 0.1) is 11.4 Å². The summed E-state index contributed by atoms with van der Waals surface area (Å²) in [6.45, 7) is 0.764. The maximum absolute atomic E-state index is 11.4. The first-order chi connectivity index (χ1) is 10.1. The number of hydrogen-bond acceptors (Lipinski definition) is 4. The van der Waals surface area contributed by atoms with Gasteiger partial charge in [0.25, 0.3) is 0 Å². The Bertz CT molecular complexity index is 677. The third-order valence-corrected chi connectivity index (χ3v) is 3.76. The van der Waals surface area contributed by atoms with E-state index in [2.05, 4.69) is 15.6 Å². The van der Waals surface area contributed by atoms with Crippen molar-refractivity contribution in [3.8, 4) is 0 Å². The number of aryl methyl sites for hydroxylation is 2. The summed E-state index contributed by atoms with van der Waals surface area (Å²) in [4.78, 5) is 15.7. The second kappa shape index (κ2) is 5.47. The predicted molar refractivity (Wildman–Crippen MR) is 83.2 cm³/mol. The van der Waals surface area contributed by atoms with Gasteiger partial charge in [-0.25, -0.2) is 4.98 Å². The third-order valence-electron chi connectivity index (χ3n) is 3.76. The highest BCUT2D eigenvalue weighted by Gasteiger charge is 2.16. The van der Waals surface area contributed by atoms with Crippen LogP contribution in [-0.4, -0.2) is 22.0 Å². The number of nitrogens with one attached hydrogen (secondary N) is 2. The molecule has 4 N–H and O–H groups in total. The molecular formula is C15H19N5O. The smallest absolute Gasteiger partial charge is 0.224 e. The largest absolute Gasteiger partial charge is 0.397 e. The van der Waals surface area contributed by atoms with Crippen LogP contribution in [0.25, 0.3) is 0 Å². The Morgan fingerprint density at radius 3 is 3.05 bits per heavy atom. The zero-order valence-corrected chi connectivity index (χ0v) is 12.0. The van der Waals surface area contributed by atoms with Gasteiger partial charge in [0.2, 0.25) is 5.91 Å². The number of aromatic nitrogens is 2. The monoisotopic (exact) mass is 285 g/mol. The summed E-state index contributed by atoms with van der Waals surface area (Å²) >= 11 is 0. The lowest BCUT2D eigenvalue weighted by Crippen LogP contribution is -2.19. The number of imidazole rings is 1. The van der Waals surface area contributed by atoms with E-state index in [0.29, 0.717) is 12.1 Å². The zero-order chi connectivity index (χ0) is 14.8. The number of fused-ring (bicyclic) bond motifs is 1. The van der Waals surface area contributed by atoms with Gasteiger partial charge in [-0.1, -0.05) is 0 Å². The summed E-state index contributed by atoms with van der Waals surface area (Å²) in [7, 11) is 1.98. The van der Waals surface area contributed by atoms with Crippen molar-refractivity contribution >= 4 is 23.0 Å². The molecule has 0 aliphatic carbocycles. The van der Waals surface area contributed by atoms with Gasteiger partial charge >= 0.3 is 0 Å². The van der Waals surface area contributed by atoms with Crippen LogP contribution in [0.2, 0.25) is 0 Å². The molecule has 6 heteroatoms. The minimum Gasteiger partial charge on any atom is -0.397 e. The van der Waals surface area contributed by atoms with Crippen molar-refractivity contribution in [2.45, 2.75) is 19.3 Å². The van der Waals surface area contributed by atoms with E-state index in [4.69, 9.17) is 5.73 Å². The lowest BCUT2D eigenvalue weighted by molar-refractivity contribution is -0.116. The maximum Gasteiger partial charge on any atom is 0.224 e. The van der Waals surface area contributed by atoms with Gasteiger partial charge in [0, 0.05) is 44.5 Å². The Hall–Kier alpha value is -2.50. The van der Waals surface area contributed by atoms with Crippen molar-refractivity contribution in [2.75, 3.05) is 22.9 Å². The van der Waals surface area contributed by atoms with Crippen LogP contribution in [0.3, 0.4) is 0 Å². The molecule has 1 aromatic heterocycles. The van der Waals surface area contributed by atoms with Crippen LogP contribution in [0.4, 0.5) is 17.1 Å². The zero-order valence-electron chi connectivity index (χ0n) is 12.0. The minimum atomic E-state index is 0.0531. The van der Waals surface area contributed by atoms with Crippen LogP contribution < -0.4 is 16.4 Å². The number of nitrogen functional groups attached to an aromatic ring is 1. The van der Waals surface area contributed by atoms with Gasteiger partial charge in [0.1, 0.15) is 5.82 Å². The molecule has 0 saturated heterocycles. The van der Waals surface area contributed by atoms with E-state index in [1.54, 1.807) is 6.20 Å². The molecule has 2 heterocycles. The number of anilines is 3. The van der Waals surface area contributed by atoms with Crippen LogP contribution in [-0.2, 0) is 24.7 Å².